The number of nitrogens with one attached hydrogen (secondary N) is 1. The number of hydrogen-bond donors (Lipinski definition) is 1. The molecule has 0 aliphatic carbocycles. The topological polar surface area (TPSA) is 83.1 Å². The maximum atomic E-state index is 12.0. The molecule has 2 aromatic carbocycles. The van der Waals surface area contributed by atoms with Crippen molar-refractivity contribution in [1.82, 2.24) is 0 Å². The second-order valence-electron chi connectivity index (χ2n) is 5.32. The standard InChI is InChI=1S/C19H21NO6/c1-13(26-16-9-7-15(23-2)8-10-16)19(22)25-12-18(21)20-14-5-4-6-17(11-14)24-3/h4-11,13H,12H2,1-3H3,(H,20,21). The Balaban J connectivity index is 1.79. The summed E-state index contributed by atoms with van der Waals surface area (Å²) in [6, 6.07) is 13.7. The third-order valence-electron chi connectivity index (χ3n) is 3.40. The SMILES string of the molecule is COc1ccc(OC(C)C(=O)OCC(=O)Nc2cccc(OC)c2)cc1. The molecule has 1 N–H and O–H groups in total. The van der Waals surface area contributed by atoms with E-state index in [1.807, 2.05) is 0 Å². The number of ether oxygens (including phenoxy) is 4. The lowest BCUT2D eigenvalue weighted by molar-refractivity contribution is -0.153. The van der Waals surface area contributed by atoms with Crippen LogP contribution in [0.15, 0.2) is 48.5 Å². The second kappa shape index (κ2) is 9.31. The maximum absolute atomic E-state index is 12.0. The van der Waals surface area contributed by atoms with E-state index in [1.54, 1.807) is 62.6 Å². The number of carbonyl (C=O) groups excluding carboxylic acids is 2. The summed E-state index contributed by atoms with van der Waals surface area (Å²) in [6.07, 6.45) is -0.854. The first kappa shape index (κ1) is 19.1. The van der Waals surface area contributed by atoms with E-state index in [9.17, 15) is 9.59 Å². The van der Waals surface area contributed by atoms with Crippen LogP contribution in [0.2, 0.25) is 0 Å². The van der Waals surface area contributed by atoms with Crippen molar-refractivity contribution in [2.24, 2.45) is 0 Å². The molecule has 1 amide bonds. The van der Waals surface area contributed by atoms with Crippen LogP contribution in [0.1, 0.15) is 6.92 Å². The molecular formula is C19H21NO6. The zero-order valence-electron chi connectivity index (χ0n) is 14.9. The summed E-state index contributed by atoms with van der Waals surface area (Å²) in [7, 11) is 3.10. The van der Waals surface area contributed by atoms with Crippen LogP contribution in [0.25, 0.3) is 0 Å². The molecule has 1 unspecified atom stereocenters. The summed E-state index contributed by atoms with van der Waals surface area (Å²) in [5, 5.41) is 2.62. The quantitative estimate of drug-likeness (QED) is 0.730. The molecule has 2 aromatic rings. The van der Waals surface area contributed by atoms with Gasteiger partial charge in [-0.25, -0.2) is 4.79 Å². The zero-order chi connectivity index (χ0) is 18.9. The Kier molecular flexibility index (Phi) is 6.84. The highest BCUT2D eigenvalue weighted by Crippen LogP contribution is 2.19. The summed E-state index contributed by atoms with van der Waals surface area (Å²) in [6.45, 7) is 1.14. The lowest BCUT2D eigenvalue weighted by atomic mass is 10.3. The number of hydrogen-bond acceptors (Lipinski definition) is 6. The Morgan fingerprint density at radius 1 is 0.962 bits per heavy atom. The van der Waals surface area contributed by atoms with Crippen molar-refractivity contribution in [3.8, 4) is 17.2 Å². The van der Waals surface area contributed by atoms with Crippen LogP contribution in [0.5, 0.6) is 17.2 Å². The van der Waals surface area contributed by atoms with Gasteiger partial charge in [-0.15, -0.1) is 0 Å². The lowest BCUT2D eigenvalue weighted by Gasteiger charge is -2.14. The summed E-state index contributed by atoms with van der Waals surface area (Å²) in [4.78, 5) is 23.8. The first-order valence-electron chi connectivity index (χ1n) is 7.93. The van der Waals surface area contributed by atoms with Gasteiger partial charge in [0, 0.05) is 11.8 Å². The van der Waals surface area contributed by atoms with E-state index >= 15 is 0 Å². The van der Waals surface area contributed by atoms with Crippen molar-refractivity contribution < 1.29 is 28.5 Å². The molecule has 138 valence electrons. The molecule has 0 fully saturated rings. The Bertz CT molecular complexity index is 744. The molecule has 0 aliphatic heterocycles. The predicted octanol–water partition coefficient (Wildman–Crippen LogP) is 2.65. The predicted molar refractivity (Wildman–Crippen MR) is 95.7 cm³/mol. The fourth-order valence-electron chi connectivity index (χ4n) is 2.06. The lowest BCUT2D eigenvalue weighted by Crippen LogP contribution is -2.29. The van der Waals surface area contributed by atoms with E-state index in [4.69, 9.17) is 18.9 Å². The smallest absolute Gasteiger partial charge is 0.347 e. The van der Waals surface area contributed by atoms with Crippen LogP contribution < -0.4 is 19.5 Å². The van der Waals surface area contributed by atoms with Crippen molar-refractivity contribution in [3.05, 3.63) is 48.5 Å². The van der Waals surface area contributed by atoms with E-state index in [0.29, 0.717) is 22.9 Å². The molecular weight excluding hydrogens is 338 g/mol. The third-order valence-corrected chi connectivity index (χ3v) is 3.40. The van der Waals surface area contributed by atoms with Crippen LogP contribution in [0.3, 0.4) is 0 Å². The second-order valence-corrected chi connectivity index (χ2v) is 5.32. The minimum Gasteiger partial charge on any atom is -0.497 e. The molecule has 0 saturated carbocycles. The minimum absolute atomic E-state index is 0.410. The fraction of sp³-hybridized carbons (Fsp3) is 0.263. The van der Waals surface area contributed by atoms with Gasteiger partial charge in [-0.1, -0.05) is 6.07 Å². The maximum Gasteiger partial charge on any atom is 0.347 e. The van der Waals surface area contributed by atoms with E-state index in [1.165, 1.54) is 7.11 Å². The average Bonchev–Trinajstić information content (AvgIpc) is 2.66. The Labute approximate surface area is 151 Å². The van der Waals surface area contributed by atoms with Crippen LogP contribution in [0.4, 0.5) is 5.69 Å². The van der Waals surface area contributed by atoms with Gasteiger partial charge >= 0.3 is 5.97 Å². The van der Waals surface area contributed by atoms with Gasteiger partial charge in [-0.3, -0.25) is 4.79 Å². The minimum atomic E-state index is -0.854. The Morgan fingerprint density at radius 2 is 1.62 bits per heavy atom. The number of esters is 1. The van der Waals surface area contributed by atoms with E-state index < -0.39 is 24.6 Å². The zero-order valence-corrected chi connectivity index (χ0v) is 14.9. The molecule has 0 heterocycles. The van der Waals surface area contributed by atoms with Gasteiger partial charge in [0.1, 0.15) is 17.2 Å². The van der Waals surface area contributed by atoms with Crippen molar-refractivity contribution in [2.75, 3.05) is 26.1 Å². The number of carbonyl (C=O) groups is 2. The molecule has 2 rings (SSSR count). The van der Waals surface area contributed by atoms with Crippen LogP contribution in [-0.2, 0) is 14.3 Å². The molecule has 1 atom stereocenters. The largest absolute Gasteiger partial charge is 0.497 e. The van der Waals surface area contributed by atoms with Crippen molar-refractivity contribution in [2.45, 2.75) is 13.0 Å². The monoisotopic (exact) mass is 359 g/mol. The molecule has 0 spiro atoms. The highest BCUT2D eigenvalue weighted by molar-refractivity contribution is 5.93. The normalized spacial score (nSPS) is 11.2. The van der Waals surface area contributed by atoms with Crippen LogP contribution >= 0.6 is 0 Å². The molecule has 0 aliphatic rings. The molecule has 0 aromatic heterocycles. The van der Waals surface area contributed by atoms with Crippen molar-refractivity contribution in [1.29, 1.82) is 0 Å². The number of methoxy groups -OCH3 is 2. The van der Waals surface area contributed by atoms with Crippen molar-refractivity contribution >= 4 is 17.6 Å². The van der Waals surface area contributed by atoms with E-state index in [2.05, 4.69) is 5.32 Å². The van der Waals surface area contributed by atoms with Crippen molar-refractivity contribution in [3.63, 3.8) is 0 Å². The molecule has 0 radical (unpaired) electrons. The average molecular weight is 359 g/mol. The van der Waals surface area contributed by atoms with Gasteiger partial charge in [0.15, 0.2) is 12.7 Å². The Hall–Kier alpha value is -3.22. The summed E-state index contributed by atoms with van der Waals surface area (Å²) < 4.78 is 20.6. The summed E-state index contributed by atoms with van der Waals surface area (Å²) >= 11 is 0. The fourth-order valence-corrected chi connectivity index (χ4v) is 2.06. The number of anilines is 1. The van der Waals surface area contributed by atoms with Gasteiger partial charge in [-0.05, 0) is 43.3 Å². The van der Waals surface area contributed by atoms with Gasteiger partial charge < -0.3 is 24.3 Å². The summed E-state index contributed by atoms with van der Waals surface area (Å²) in [5.74, 6) is 0.698. The van der Waals surface area contributed by atoms with Gasteiger partial charge in [0.2, 0.25) is 0 Å². The highest BCUT2D eigenvalue weighted by atomic mass is 16.6. The first-order valence-corrected chi connectivity index (χ1v) is 7.93. The van der Waals surface area contributed by atoms with Gasteiger partial charge in [0.25, 0.3) is 5.91 Å². The van der Waals surface area contributed by atoms with E-state index in [-0.39, 0.29) is 0 Å². The molecule has 26 heavy (non-hydrogen) atoms. The van der Waals surface area contributed by atoms with Crippen LogP contribution in [0, 0.1) is 0 Å². The highest BCUT2D eigenvalue weighted by Gasteiger charge is 2.18. The van der Waals surface area contributed by atoms with Crippen LogP contribution in [-0.4, -0.2) is 38.8 Å². The Morgan fingerprint density at radius 3 is 2.27 bits per heavy atom. The first-order chi connectivity index (χ1) is 12.5. The number of benzene rings is 2. The molecule has 7 nitrogen and oxygen atoms in total. The van der Waals surface area contributed by atoms with Gasteiger partial charge in [0.05, 0.1) is 14.2 Å². The molecule has 0 saturated heterocycles. The molecule has 0 bridgehead atoms. The third kappa shape index (κ3) is 5.70. The summed E-state index contributed by atoms with van der Waals surface area (Å²) in [5.41, 5.74) is 0.549. The van der Waals surface area contributed by atoms with Gasteiger partial charge in [-0.2, -0.15) is 0 Å². The number of amides is 1. The van der Waals surface area contributed by atoms with E-state index in [0.717, 1.165) is 0 Å². The number of rotatable bonds is 8. The molecule has 7 heteroatoms.